The van der Waals surface area contributed by atoms with Gasteiger partial charge in [-0.15, -0.1) is 0 Å². The molecular formula is C26H36FN3O3. The summed E-state index contributed by atoms with van der Waals surface area (Å²) in [6.45, 7) is 5.94. The minimum Gasteiger partial charge on any atom is -0.353 e. The minimum absolute atomic E-state index is 0.0464. The van der Waals surface area contributed by atoms with Crippen molar-refractivity contribution in [1.82, 2.24) is 16.0 Å². The summed E-state index contributed by atoms with van der Waals surface area (Å²) in [7, 11) is 0. The Bertz CT molecular complexity index is 894. The van der Waals surface area contributed by atoms with Crippen molar-refractivity contribution in [3.63, 3.8) is 0 Å². The predicted molar refractivity (Wildman–Crippen MR) is 124 cm³/mol. The number of benzene rings is 1. The third kappa shape index (κ3) is 5.07. The number of carbonyl (C=O) groups excluding carboxylic acids is 3. The number of halogens is 1. The van der Waals surface area contributed by atoms with E-state index < -0.39 is 17.8 Å². The highest BCUT2D eigenvalue weighted by molar-refractivity contribution is 5.94. The Morgan fingerprint density at radius 1 is 1.00 bits per heavy atom. The van der Waals surface area contributed by atoms with Gasteiger partial charge in [0.25, 0.3) is 5.91 Å². The van der Waals surface area contributed by atoms with Crippen molar-refractivity contribution in [3.05, 3.63) is 35.1 Å². The van der Waals surface area contributed by atoms with E-state index in [1.165, 1.54) is 25.3 Å². The highest BCUT2D eigenvalue weighted by Gasteiger charge is 2.55. The lowest BCUT2D eigenvalue weighted by molar-refractivity contribution is -0.149. The largest absolute Gasteiger partial charge is 0.353 e. The van der Waals surface area contributed by atoms with Crippen LogP contribution in [0.1, 0.15) is 68.3 Å². The van der Waals surface area contributed by atoms with Crippen LogP contribution in [-0.4, -0.2) is 36.9 Å². The van der Waals surface area contributed by atoms with E-state index >= 15 is 0 Å². The van der Waals surface area contributed by atoms with Gasteiger partial charge in [-0.25, -0.2) is 4.39 Å². The van der Waals surface area contributed by atoms with Gasteiger partial charge in [0, 0.05) is 24.1 Å². The van der Waals surface area contributed by atoms with E-state index in [4.69, 9.17) is 0 Å². The smallest absolute Gasteiger partial charge is 0.251 e. The average molecular weight is 458 g/mol. The standard InChI is InChI=1S/C26H36FN3O3/c1-15(2)22(30-25(33)26-12-17-8-18(13-26)10-19(9-17)14-26)24(32)29-7-6-28-23(31)20-5-4-16(3)21(27)11-20/h4-5,11,15,17-19,22H,6-10,12-14H2,1-3H3,(H,28,31)(H,29,32)(H,30,33). The van der Waals surface area contributed by atoms with Crippen LogP contribution in [0.3, 0.4) is 0 Å². The molecule has 6 nitrogen and oxygen atoms in total. The first-order valence-electron chi connectivity index (χ1n) is 12.3. The fraction of sp³-hybridized carbons (Fsp3) is 0.654. The molecule has 0 radical (unpaired) electrons. The molecule has 3 amide bonds. The summed E-state index contributed by atoms with van der Waals surface area (Å²) in [4.78, 5) is 38.4. The van der Waals surface area contributed by atoms with E-state index in [0.717, 1.165) is 19.3 Å². The molecule has 1 aromatic rings. The molecule has 180 valence electrons. The van der Waals surface area contributed by atoms with Crippen LogP contribution < -0.4 is 16.0 Å². The number of carbonyl (C=O) groups is 3. The van der Waals surface area contributed by atoms with Crippen LogP contribution in [0.4, 0.5) is 4.39 Å². The maximum atomic E-state index is 13.7. The third-order valence-corrected chi connectivity index (χ3v) is 7.90. The van der Waals surface area contributed by atoms with Gasteiger partial charge in [-0.3, -0.25) is 14.4 Å². The van der Waals surface area contributed by atoms with E-state index in [0.29, 0.717) is 23.3 Å². The maximum absolute atomic E-state index is 13.7. The predicted octanol–water partition coefficient (Wildman–Crippen LogP) is 3.34. The van der Waals surface area contributed by atoms with E-state index in [-0.39, 0.29) is 41.8 Å². The molecule has 0 saturated heterocycles. The Balaban J connectivity index is 1.27. The van der Waals surface area contributed by atoms with Gasteiger partial charge in [0.1, 0.15) is 11.9 Å². The second-order valence-corrected chi connectivity index (χ2v) is 10.9. The van der Waals surface area contributed by atoms with E-state index in [1.54, 1.807) is 19.1 Å². The highest BCUT2D eigenvalue weighted by Crippen LogP contribution is 2.60. The molecule has 33 heavy (non-hydrogen) atoms. The molecule has 0 aliphatic heterocycles. The summed E-state index contributed by atoms with van der Waals surface area (Å²) in [5, 5.41) is 8.60. The van der Waals surface area contributed by atoms with E-state index in [9.17, 15) is 18.8 Å². The van der Waals surface area contributed by atoms with Crippen LogP contribution >= 0.6 is 0 Å². The fourth-order valence-corrected chi connectivity index (χ4v) is 6.53. The molecule has 1 atom stereocenters. The van der Waals surface area contributed by atoms with Gasteiger partial charge >= 0.3 is 0 Å². The zero-order valence-electron chi connectivity index (χ0n) is 19.9. The quantitative estimate of drug-likeness (QED) is 0.523. The van der Waals surface area contributed by atoms with Crippen molar-refractivity contribution >= 4 is 17.7 Å². The van der Waals surface area contributed by atoms with Crippen LogP contribution in [0.15, 0.2) is 18.2 Å². The zero-order chi connectivity index (χ0) is 23.8. The Morgan fingerprint density at radius 3 is 2.12 bits per heavy atom. The number of aryl methyl sites for hydroxylation is 1. The van der Waals surface area contributed by atoms with Gasteiger partial charge in [0.05, 0.1) is 0 Å². The number of rotatable bonds is 8. The van der Waals surface area contributed by atoms with Crippen LogP contribution in [0.25, 0.3) is 0 Å². The zero-order valence-corrected chi connectivity index (χ0v) is 19.9. The van der Waals surface area contributed by atoms with Crippen LogP contribution in [0.2, 0.25) is 0 Å². The molecular weight excluding hydrogens is 421 g/mol. The molecule has 7 heteroatoms. The van der Waals surface area contributed by atoms with Crippen molar-refractivity contribution in [1.29, 1.82) is 0 Å². The van der Waals surface area contributed by atoms with E-state index in [2.05, 4.69) is 16.0 Å². The summed E-state index contributed by atoms with van der Waals surface area (Å²) >= 11 is 0. The van der Waals surface area contributed by atoms with Gasteiger partial charge in [0.2, 0.25) is 11.8 Å². The lowest BCUT2D eigenvalue weighted by Gasteiger charge is -2.55. The molecule has 0 spiro atoms. The van der Waals surface area contributed by atoms with Gasteiger partial charge < -0.3 is 16.0 Å². The molecule has 5 rings (SSSR count). The second kappa shape index (κ2) is 9.43. The maximum Gasteiger partial charge on any atom is 0.251 e. The average Bonchev–Trinajstić information content (AvgIpc) is 2.75. The number of nitrogens with one attached hydrogen (secondary N) is 3. The minimum atomic E-state index is -0.604. The Hall–Kier alpha value is -2.44. The Morgan fingerprint density at radius 2 is 1.58 bits per heavy atom. The van der Waals surface area contributed by atoms with Gasteiger partial charge in [0.15, 0.2) is 0 Å². The van der Waals surface area contributed by atoms with Crippen molar-refractivity contribution < 1.29 is 18.8 Å². The molecule has 4 aliphatic carbocycles. The summed E-state index contributed by atoms with van der Waals surface area (Å²) < 4.78 is 13.7. The van der Waals surface area contributed by atoms with Crippen molar-refractivity contribution in [2.75, 3.05) is 13.1 Å². The lowest BCUT2D eigenvalue weighted by Crippen LogP contribution is -2.58. The van der Waals surface area contributed by atoms with Crippen molar-refractivity contribution in [3.8, 4) is 0 Å². The SMILES string of the molecule is Cc1ccc(C(=O)NCCNC(=O)C(NC(=O)C23CC4CC(CC(C4)C2)C3)C(C)C)cc1F. The van der Waals surface area contributed by atoms with Crippen molar-refractivity contribution in [2.45, 2.75) is 65.3 Å². The molecule has 4 saturated carbocycles. The molecule has 0 aromatic heterocycles. The Labute approximate surface area is 195 Å². The number of hydrogen-bond donors (Lipinski definition) is 3. The summed E-state index contributed by atoms with van der Waals surface area (Å²) in [6.07, 6.45) is 6.68. The molecule has 4 aliphatic rings. The van der Waals surface area contributed by atoms with E-state index in [1.807, 2.05) is 13.8 Å². The number of hydrogen-bond acceptors (Lipinski definition) is 3. The molecule has 3 N–H and O–H groups in total. The lowest BCUT2D eigenvalue weighted by atomic mass is 9.49. The fourth-order valence-electron chi connectivity index (χ4n) is 6.53. The van der Waals surface area contributed by atoms with Gasteiger partial charge in [-0.05, 0) is 86.8 Å². The first kappa shape index (κ1) is 23.7. The Kier molecular flexibility index (Phi) is 6.78. The summed E-state index contributed by atoms with van der Waals surface area (Å²) in [6, 6.07) is 3.73. The summed E-state index contributed by atoms with van der Waals surface area (Å²) in [5.41, 5.74) is 0.431. The second-order valence-electron chi connectivity index (χ2n) is 10.9. The highest BCUT2D eigenvalue weighted by atomic mass is 19.1. The summed E-state index contributed by atoms with van der Waals surface area (Å²) in [5.74, 6) is 0.942. The molecule has 4 bridgehead atoms. The van der Waals surface area contributed by atoms with Crippen LogP contribution in [-0.2, 0) is 9.59 Å². The van der Waals surface area contributed by atoms with Crippen LogP contribution in [0, 0.1) is 41.8 Å². The van der Waals surface area contributed by atoms with Gasteiger partial charge in [-0.1, -0.05) is 19.9 Å². The van der Waals surface area contributed by atoms with Crippen LogP contribution in [0.5, 0.6) is 0 Å². The topological polar surface area (TPSA) is 87.3 Å². The van der Waals surface area contributed by atoms with Crippen molar-refractivity contribution in [2.24, 2.45) is 29.1 Å². The first-order chi connectivity index (χ1) is 15.7. The first-order valence-corrected chi connectivity index (χ1v) is 12.3. The normalized spacial score (nSPS) is 28.5. The molecule has 1 unspecified atom stereocenters. The number of amides is 3. The molecule has 1 aromatic carbocycles. The monoisotopic (exact) mass is 457 g/mol. The van der Waals surface area contributed by atoms with Gasteiger partial charge in [-0.2, -0.15) is 0 Å². The molecule has 4 fully saturated rings. The third-order valence-electron chi connectivity index (χ3n) is 7.90. The molecule has 0 heterocycles.